The quantitative estimate of drug-likeness (QED) is 0.196. The first-order chi connectivity index (χ1) is 24.2. The normalized spacial score (nSPS) is 12.7. The summed E-state index contributed by atoms with van der Waals surface area (Å²) < 4.78 is 8.62. The standard InChI is InChI=1S/C45H29N3O/c46-26-29-14-21-43-41(22-29)36-10-4-6-12-42(36)48(43)35-19-17-33-28-47(34-8-2-1-3-9-34)27-32-16-15-30(23-39(32)40(33)25-35)31-18-20-38-37-11-5-7-13-44(37)49-45(38)24-31/h1-25H,27-28H2. The molecule has 0 aliphatic carbocycles. The van der Waals surface area contributed by atoms with Crippen LogP contribution in [0, 0.1) is 11.3 Å². The van der Waals surface area contributed by atoms with Crippen molar-refractivity contribution in [1.29, 1.82) is 5.26 Å². The summed E-state index contributed by atoms with van der Waals surface area (Å²) >= 11 is 0. The van der Waals surface area contributed by atoms with Crippen molar-refractivity contribution in [3.8, 4) is 34.0 Å². The van der Waals surface area contributed by atoms with Gasteiger partial charge in [-0.3, -0.25) is 0 Å². The minimum Gasteiger partial charge on any atom is -0.456 e. The van der Waals surface area contributed by atoms with Gasteiger partial charge in [-0.1, -0.05) is 78.9 Å². The highest BCUT2D eigenvalue weighted by atomic mass is 16.3. The number of fused-ring (bicyclic) bond motifs is 9. The summed E-state index contributed by atoms with van der Waals surface area (Å²) in [4.78, 5) is 2.47. The number of para-hydroxylation sites is 3. The van der Waals surface area contributed by atoms with Crippen molar-refractivity contribution in [3.63, 3.8) is 0 Å². The van der Waals surface area contributed by atoms with Crippen molar-refractivity contribution in [2.24, 2.45) is 0 Å². The SMILES string of the molecule is N#Cc1ccc2c(c1)c1ccccc1n2-c1ccc2c(c1)-c1cc(-c3ccc4c(c3)oc3ccccc34)ccc1CN(c1ccccc1)C2. The first kappa shape index (κ1) is 27.5. The third-order valence-electron chi connectivity index (χ3n) is 10.1. The Hall–Kier alpha value is -6.57. The molecule has 0 N–H and O–H groups in total. The highest BCUT2D eigenvalue weighted by molar-refractivity contribution is 6.10. The lowest BCUT2D eigenvalue weighted by atomic mass is 9.92. The van der Waals surface area contributed by atoms with Crippen molar-refractivity contribution >= 4 is 49.4 Å². The molecule has 0 radical (unpaired) electrons. The lowest BCUT2D eigenvalue weighted by molar-refractivity contribution is 0.669. The number of hydrogen-bond donors (Lipinski definition) is 0. The zero-order chi connectivity index (χ0) is 32.5. The van der Waals surface area contributed by atoms with Gasteiger partial charge in [-0.25, -0.2) is 0 Å². The van der Waals surface area contributed by atoms with Gasteiger partial charge in [-0.15, -0.1) is 0 Å². The number of nitriles is 1. The Kier molecular flexibility index (Phi) is 6.03. The highest BCUT2D eigenvalue weighted by Gasteiger charge is 2.23. The predicted molar refractivity (Wildman–Crippen MR) is 200 cm³/mol. The zero-order valence-electron chi connectivity index (χ0n) is 26.6. The van der Waals surface area contributed by atoms with E-state index in [0.29, 0.717) is 5.56 Å². The summed E-state index contributed by atoms with van der Waals surface area (Å²) in [5, 5.41) is 14.2. The lowest BCUT2D eigenvalue weighted by Crippen LogP contribution is -2.20. The molecule has 230 valence electrons. The maximum Gasteiger partial charge on any atom is 0.136 e. The monoisotopic (exact) mass is 627 g/mol. The summed E-state index contributed by atoms with van der Waals surface area (Å²) in [6, 6.07) is 56.1. The van der Waals surface area contributed by atoms with Crippen molar-refractivity contribution in [3.05, 3.63) is 168 Å². The second-order valence-corrected chi connectivity index (χ2v) is 12.9. The Morgan fingerprint density at radius 3 is 2.02 bits per heavy atom. The van der Waals surface area contributed by atoms with Crippen LogP contribution >= 0.6 is 0 Å². The third-order valence-corrected chi connectivity index (χ3v) is 10.1. The highest BCUT2D eigenvalue weighted by Crippen LogP contribution is 2.41. The molecular weight excluding hydrogens is 599 g/mol. The van der Waals surface area contributed by atoms with E-state index >= 15 is 0 Å². The molecule has 0 spiro atoms. The molecule has 7 aromatic carbocycles. The van der Waals surface area contributed by atoms with E-state index in [-0.39, 0.29) is 0 Å². The van der Waals surface area contributed by atoms with Crippen LogP contribution in [0.15, 0.2) is 156 Å². The Morgan fingerprint density at radius 1 is 0.490 bits per heavy atom. The van der Waals surface area contributed by atoms with Gasteiger partial charge in [0.15, 0.2) is 0 Å². The molecule has 0 fully saturated rings. The molecule has 1 aliphatic heterocycles. The summed E-state index contributed by atoms with van der Waals surface area (Å²) in [5.74, 6) is 0. The average molecular weight is 628 g/mol. The van der Waals surface area contributed by atoms with Gasteiger partial charge in [0, 0.05) is 46.0 Å². The van der Waals surface area contributed by atoms with Gasteiger partial charge in [0.25, 0.3) is 0 Å². The molecule has 3 heterocycles. The largest absolute Gasteiger partial charge is 0.456 e. The van der Waals surface area contributed by atoms with Gasteiger partial charge >= 0.3 is 0 Å². The maximum absolute atomic E-state index is 9.67. The van der Waals surface area contributed by atoms with Gasteiger partial charge in [0.05, 0.1) is 22.7 Å². The van der Waals surface area contributed by atoms with E-state index < -0.39 is 0 Å². The fraction of sp³-hybridized carbons (Fsp3) is 0.0444. The minimum atomic E-state index is 0.667. The molecule has 0 atom stereocenters. The zero-order valence-corrected chi connectivity index (χ0v) is 26.6. The van der Waals surface area contributed by atoms with Crippen molar-refractivity contribution in [2.75, 3.05) is 4.90 Å². The van der Waals surface area contributed by atoms with Gasteiger partial charge in [-0.05, 0) is 106 Å². The number of furan rings is 1. The second-order valence-electron chi connectivity index (χ2n) is 12.9. The predicted octanol–water partition coefficient (Wildman–Crippen LogP) is 11.4. The summed E-state index contributed by atoms with van der Waals surface area (Å²) in [6.07, 6.45) is 0. The van der Waals surface area contributed by atoms with Gasteiger partial charge in [-0.2, -0.15) is 5.26 Å². The van der Waals surface area contributed by atoms with E-state index in [9.17, 15) is 5.26 Å². The fourth-order valence-corrected chi connectivity index (χ4v) is 7.75. The van der Waals surface area contributed by atoms with Crippen LogP contribution in [0.4, 0.5) is 5.69 Å². The van der Waals surface area contributed by atoms with Crippen LogP contribution in [0.1, 0.15) is 16.7 Å². The fourth-order valence-electron chi connectivity index (χ4n) is 7.75. The number of anilines is 1. The number of benzene rings is 7. The molecule has 10 rings (SSSR count). The Bertz CT molecular complexity index is 2800. The summed E-state index contributed by atoms with van der Waals surface area (Å²) in [7, 11) is 0. The van der Waals surface area contributed by atoms with E-state index in [1.54, 1.807) is 0 Å². The molecule has 4 heteroatoms. The Morgan fingerprint density at radius 2 is 1.16 bits per heavy atom. The van der Waals surface area contributed by atoms with E-state index in [0.717, 1.165) is 73.6 Å². The smallest absolute Gasteiger partial charge is 0.136 e. The lowest BCUT2D eigenvalue weighted by Gasteiger charge is -2.24. The van der Waals surface area contributed by atoms with Crippen molar-refractivity contribution < 1.29 is 4.42 Å². The molecule has 0 unspecified atom stereocenters. The first-order valence-corrected chi connectivity index (χ1v) is 16.6. The van der Waals surface area contributed by atoms with Crippen LogP contribution < -0.4 is 4.90 Å². The molecule has 0 saturated carbocycles. The average Bonchev–Trinajstić information content (AvgIpc) is 3.64. The number of nitrogens with zero attached hydrogens (tertiary/aromatic N) is 3. The van der Waals surface area contributed by atoms with Crippen LogP contribution in [0.5, 0.6) is 0 Å². The van der Waals surface area contributed by atoms with Crippen molar-refractivity contribution in [2.45, 2.75) is 13.1 Å². The number of hydrogen-bond acceptors (Lipinski definition) is 3. The molecule has 9 aromatic rings. The van der Waals surface area contributed by atoms with Crippen LogP contribution in [-0.4, -0.2) is 4.57 Å². The number of aromatic nitrogens is 1. The van der Waals surface area contributed by atoms with Crippen molar-refractivity contribution in [1.82, 2.24) is 4.57 Å². The molecular formula is C45H29N3O. The molecule has 0 saturated heterocycles. The van der Waals surface area contributed by atoms with Crippen LogP contribution in [0.25, 0.3) is 71.7 Å². The Labute approximate surface area is 283 Å². The van der Waals surface area contributed by atoms with Crippen LogP contribution in [0.3, 0.4) is 0 Å². The summed E-state index contributed by atoms with van der Waals surface area (Å²) in [6.45, 7) is 1.60. The molecule has 1 aliphatic rings. The Balaban J connectivity index is 1.18. The van der Waals surface area contributed by atoms with Crippen LogP contribution in [-0.2, 0) is 13.1 Å². The third kappa shape index (κ3) is 4.37. The molecule has 0 amide bonds. The van der Waals surface area contributed by atoms with Gasteiger partial charge in [0.2, 0.25) is 0 Å². The van der Waals surface area contributed by atoms with Gasteiger partial charge < -0.3 is 13.9 Å². The van der Waals surface area contributed by atoms with Gasteiger partial charge in [0.1, 0.15) is 11.2 Å². The molecule has 49 heavy (non-hydrogen) atoms. The van der Waals surface area contributed by atoms with E-state index in [4.69, 9.17) is 4.42 Å². The first-order valence-electron chi connectivity index (χ1n) is 16.6. The maximum atomic E-state index is 9.67. The van der Waals surface area contributed by atoms with E-state index in [1.165, 1.54) is 27.9 Å². The molecule has 4 nitrogen and oxygen atoms in total. The number of rotatable bonds is 3. The molecule has 0 bridgehead atoms. The molecule has 2 aromatic heterocycles. The van der Waals surface area contributed by atoms with Crippen LogP contribution in [0.2, 0.25) is 0 Å². The second kappa shape index (κ2) is 10.7. The van der Waals surface area contributed by atoms with E-state index in [2.05, 4.69) is 143 Å². The summed E-state index contributed by atoms with van der Waals surface area (Å²) in [5.41, 5.74) is 14.3. The topological polar surface area (TPSA) is 45.1 Å². The van der Waals surface area contributed by atoms with E-state index in [1.807, 2.05) is 24.3 Å². The minimum absolute atomic E-state index is 0.667.